The number of carbonyl (C=O) groups excluding carboxylic acids is 1. The molecule has 10 heteroatoms. The molecule has 1 atom stereocenters. The second-order valence-electron chi connectivity index (χ2n) is 9.10. The van der Waals surface area contributed by atoms with Crippen LogP contribution in [0.2, 0.25) is 10.0 Å². The Morgan fingerprint density at radius 1 is 1.16 bits per heavy atom. The maximum absolute atomic E-state index is 12.7. The molecule has 1 aromatic heterocycles. The van der Waals surface area contributed by atoms with Gasteiger partial charge in [0.1, 0.15) is 24.9 Å². The Balaban J connectivity index is 1.26. The molecule has 1 aliphatic heterocycles. The average Bonchev–Trinajstić information content (AvgIpc) is 2.94. The lowest BCUT2D eigenvalue weighted by Gasteiger charge is -2.32. The molecule has 198 valence electrons. The van der Waals surface area contributed by atoms with Crippen molar-refractivity contribution in [1.82, 2.24) is 14.9 Å². The fraction of sp³-hybridized carbons (Fsp3) is 0.321. The number of ketones is 1. The molecule has 2 aromatic carbocycles. The predicted molar refractivity (Wildman–Crippen MR) is 149 cm³/mol. The minimum atomic E-state index is -0.176. The minimum Gasteiger partial charge on any atom is -0.493 e. The van der Waals surface area contributed by atoms with Gasteiger partial charge >= 0.3 is 0 Å². The van der Waals surface area contributed by atoms with Gasteiger partial charge in [-0.2, -0.15) is 0 Å². The van der Waals surface area contributed by atoms with E-state index >= 15 is 0 Å². The van der Waals surface area contributed by atoms with E-state index in [0.717, 1.165) is 29.5 Å². The highest BCUT2D eigenvalue weighted by Gasteiger charge is 2.24. The van der Waals surface area contributed by atoms with Crippen LogP contribution in [0.25, 0.3) is 10.9 Å². The lowest BCUT2D eigenvalue weighted by atomic mass is 10.0. The first-order chi connectivity index (χ1) is 18.5. The molecule has 1 fully saturated rings. The molecule has 3 aromatic rings. The third-order valence-corrected chi connectivity index (χ3v) is 7.17. The number of ether oxygens (including phenoxy) is 3. The number of methoxy groups -OCH3 is 1. The minimum absolute atomic E-state index is 0.142. The van der Waals surface area contributed by atoms with Gasteiger partial charge in [-0.15, -0.1) is 0 Å². The van der Waals surface area contributed by atoms with Crippen LogP contribution in [0.1, 0.15) is 12.8 Å². The number of aromatic nitrogens is 2. The summed E-state index contributed by atoms with van der Waals surface area (Å²) < 4.78 is 17.7. The molecule has 5 rings (SSSR count). The molecule has 0 radical (unpaired) electrons. The Morgan fingerprint density at radius 2 is 2.05 bits per heavy atom. The van der Waals surface area contributed by atoms with Gasteiger partial charge in [-0.1, -0.05) is 41.4 Å². The topological polar surface area (TPSA) is 85.8 Å². The molecular formula is C28H28Cl2N4O4. The number of hydrogen-bond donors (Lipinski definition) is 1. The van der Waals surface area contributed by atoms with Crippen molar-refractivity contribution in [3.8, 4) is 11.5 Å². The van der Waals surface area contributed by atoms with Gasteiger partial charge in [0.2, 0.25) is 0 Å². The van der Waals surface area contributed by atoms with E-state index in [0.29, 0.717) is 65.7 Å². The molecule has 0 bridgehead atoms. The summed E-state index contributed by atoms with van der Waals surface area (Å²) in [5, 5.41) is 4.94. The number of carbonyl (C=O) groups is 1. The van der Waals surface area contributed by atoms with Crippen LogP contribution in [0, 0.1) is 0 Å². The molecule has 0 spiro atoms. The Labute approximate surface area is 231 Å². The summed E-state index contributed by atoms with van der Waals surface area (Å²) >= 11 is 12.2. The third kappa shape index (κ3) is 6.27. The lowest BCUT2D eigenvalue weighted by Crippen LogP contribution is -2.46. The number of morpholine rings is 1. The van der Waals surface area contributed by atoms with Crippen LogP contribution in [0.15, 0.2) is 60.5 Å². The first-order valence-corrected chi connectivity index (χ1v) is 13.2. The number of hydrogen-bond acceptors (Lipinski definition) is 8. The number of rotatable bonds is 9. The van der Waals surface area contributed by atoms with Crippen molar-refractivity contribution in [2.45, 2.75) is 18.9 Å². The van der Waals surface area contributed by atoms with Crippen LogP contribution in [0.4, 0.5) is 11.5 Å². The highest BCUT2D eigenvalue weighted by atomic mass is 35.5. The maximum Gasteiger partial charge on any atom is 0.176 e. The lowest BCUT2D eigenvalue weighted by molar-refractivity contribution is -0.119. The smallest absolute Gasteiger partial charge is 0.176 e. The van der Waals surface area contributed by atoms with Crippen LogP contribution in [0.3, 0.4) is 0 Å². The fourth-order valence-corrected chi connectivity index (χ4v) is 4.77. The van der Waals surface area contributed by atoms with Gasteiger partial charge in [-0.25, -0.2) is 9.97 Å². The summed E-state index contributed by atoms with van der Waals surface area (Å²) in [6.45, 7) is 2.56. The summed E-state index contributed by atoms with van der Waals surface area (Å²) in [6, 6.07) is 8.93. The SMILES string of the molecule is COc1cc2c(Nc3ccc(Cl)c(Cl)c3)ncnc2cc1OC[C@@H]1CN(CC(=O)C2=CCCC=C2)CCO1. The molecular weight excluding hydrogens is 527 g/mol. The second-order valence-corrected chi connectivity index (χ2v) is 9.91. The van der Waals surface area contributed by atoms with Crippen LogP contribution < -0.4 is 14.8 Å². The van der Waals surface area contributed by atoms with Crippen LogP contribution >= 0.6 is 23.2 Å². The van der Waals surface area contributed by atoms with E-state index < -0.39 is 0 Å². The van der Waals surface area contributed by atoms with Crippen molar-refractivity contribution in [1.29, 1.82) is 0 Å². The highest BCUT2D eigenvalue weighted by Crippen LogP contribution is 2.35. The summed E-state index contributed by atoms with van der Waals surface area (Å²) in [6.07, 6.45) is 9.21. The van der Waals surface area contributed by atoms with Gasteiger partial charge in [0.25, 0.3) is 0 Å². The number of fused-ring (bicyclic) bond motifs is 1. The molecule has 8 nitrogen and oxygen atoms in total. The van der Waals surface area contributed by atoms with Crippen molar-refractivity contribution in [2.24, 2.45) is 0 Å². The monoisotopic (exact) mass is 554 g/mol. The summed E-state index contributed by atoms with van der Waals surface area (Å²) in [5.41, 5.74) is 2.22. The zero-order valence-electron chi connectivity index (χ0n) is 21.0. The number of Topliss-reactive ketones (excluding diaryl/α,β-unsaturated/α-hetero) is 1. The molecule has 0 unspecified atom stereocenters. The molecule has 2 heterocycles. The molecule has 0 saturated carbocycles. The van der Waals surface area contributed by atoms with E-state index in [1.165, 1.54) is 6.33 Å². The Bertz CT molecular complexity index is 1390. The van der Waals surface area contributed by atoms with Crippen molar-refractivity contribution < 1.29 is 19.0 Å². The molecule has 1 saturated heterocycles. The first-order valence-electron chi connectivity index (χ1n) is 12.4. The highest BCUT2D eigenvalue weighted by molar-refractivity contribution is 6.42. The quantitative estimate of drug-likeness (QED) is 0.365. The van der Waals surface area contributed by atoms with Crippen LogP contribution in [-0.2, 0) is 9.53 Å². The van der Waals surface area contributed by atoms with Gasteiger partial charge < -0.3 is 19.5 Å². The van der Waals surface area contributed by atoms with E-state index in [9.17, 15) is 4.79 Å². The number of nitrogens with one attached hydrogen (secondary N) is 1. The number of nitrogens with zero attached hydrogens (tertiary/aromatic N) is 3. The molecule has 1 N–H and O–H groups in total. The van der Waals surface area contributed by atoms with E-state index in [1.54, 1.807) is 19.2 Å². The first kappa shape index (κ1) is 26.4. The van der Waals surface area contributed by atoms with Gasteiger partial charge in [0, 0.05) is 35.8 Å². The molecule has 0 amide bonds. The molecule has 38 heavy (non-hydrogen) atoms. The van der Waals surface area contributed by atoms with Gasteiger partial charge in [-0.3, -0.25) is 9.69 Å². The van der Waals surface area contributed by atoms with Crippen molar-refractivity contribution in [2.75, 3.05) is 45.3 Å². The summed E-state index contributed by atoms with van der Waals surface area (Å²) in [4.78, 5) is 23.6. The Morgan fingerprint density at radius 3 is 2.84 bits per heavy atom. The van der Waals surface area contributed by atoms with Crippen molar-refractivity contribution in [3.05, 3.63) is 70.5 Å². The van der Waals surface area contributed by atoms with Gasteiger partial charge in [0.15, 0.2) is 17.3 Å². The number of halogens is 2. The third-order valence-electron chi connectivity index (χ3n) is 6.43. The normalized spacial score (nSPS) is 17.8. The molecule has 2 aliphatic rings. The van der Waals surface area contributed by atoms with E-state index in [1.807, 2.05) is 30.4 Å². The zero-order chi connectivity index (χ0) is 26.5. The summed E-state index contributed by atoms with van der Waals surface area (Å²) in [5.74, 6) is 1.83. The van der Waals surface area contributed by atoms with Gasteiger partial charge in [-0.05, 0) is 37.1 Å². The standard InChI is InChI=1S/C28H28Cl2N4O4/c1-36-26-12-21-24(31-17-32-28(21)33-19-7-8-22(29)23(30)11-19)13-27(26)38-16-20-14-34(9-10-37-20)15-25(35)18-5-3-2-4-6-18/h3,5-8,11-13,17,20H,2,4,9-10,14-16H2,1H3,(H,31,32,33)/t20-/m0/s1. The van der Waals surface area contributed by atoms with Crippen molar-refractivity contribution >= 4 is 51.4 Å². The summed E-state index contributed by atoms with van der Waals surface area (Å²) in [7, 11) is 1.59. The largest absolute Gasteiger partial charge is 0.493 e. The van der Waals surface area contributed by atoms with E-state index in [2.05, 4.69) is 26.3 Å². The maximum atomic E-state index is 12.7. The predicted octanol–water partition coefficient (Wildman–Crippen LogP) is 5.61. The zero-order valence-corrected chi connectivity index (χ0v) is 22.5. The van der Waals surface area contributed by atoms with E-state index in [4.69, 9.17) is 37.4 Å². The Hall–Kier alpha value is -3.17. The Kier molecular flexibility index (Phi) is 8.44. The van der Waals surface area contributed by atoms with Crippen LogP contribution in [0.5, 0.6) is 11.5 Å². The van der Waals surface area contributed by atoms with E-state index in [-0.39, 0.29) is 11.9 Å². The van der Waals surface area contributed by atoms with Crippen LogP contribution in [-0.4, -0.2) is 66.7 Å². The number of allylic oxidation sites excluding steroid dienone is 3. The van der Waals surface area contributed by atoms with Crippen molar-refractivity contribution in [3.63, 3.8) is 0 Å². The number of anilines is 2. The fourth-order valence-electron chi connectivity index (χ4n) is 4.47. The van der Waals surface area contributed by atoms with Gasteiger partial charge in [0.05, 0.1) is 35.8 Å². The average molecular weight is 555 g/mol. The number of benzene rings is 2. The molecule has 1 aliphatic carbocycles. The second kappa shape index (κ2) is 12.1.